The lowest BCUT2D eigenvalue weighted by atomic mass is 10.3. The predicted molar refractivity (Wildman–Crippen MR) is 67.8 cm³/mol. The van der Waals surface area contributed by atoms with Gasteiger partial charge in [0.25, 0.3) is 0 Å². The summed E-state index contributed by atoms with van der Waals surface area (Å²) in [6, 6.07) is 0. The van der Waals surface area contributed by atoms with Crippen LogP contribution in [0.4, 0.5) is 5.13 Å². The zero-order chi connectivity index (χ0) is 12.8. The van der Waals surface area contributed by atoms with Crippen LogP contribution in [0, 0.1) is 0 Å². The smallest absolute Gasteiger partial charge is 0.309 e. The lowest BCUT2D eigenvalue weighted by molar-refractivity contribution is -0.136. The van der Waals surface area contributed by atoms with Crippen LogP contribution in [0.3, 0.4) is 0 Å². The largest absolute Gasteiger partial charge is 0.481 e. The number of likely N-dealkylation sites (N-methyl/N-ethyl adjacent to an activating group) is 1. The fraction of sp³-hybridized carbons (Fsp3) is 0.636. The Morgan fingerprint density at radius 3 is 2.94 bits per heavy atom. The van der Waals surface area contributed by atoms with Crippen LogP contribution in [-0.2, 0) is 16.0 Å². The van der Waals surface area contributed by atoms with E-state index in [9.17, 15) is 4.79 Å². The van der Waals surface area contributed by atoms with E-state index in [2.05, 4.69) is 4.98 Å². The number of carbonyl (C=O) groups is 1. The van der Waals surface area contributed by atoms with Crippen LogP contribution in [-0.4, -0.2) is 42.4 Å². The van der Waals surface area contributed by atoms with Gasteiger partial charge in [-0.15, -0.1) is 11.3 Å². The molecule has 5 nitrogen and oxygen atoms in total. The lowest BCUT2D eigenvalue weighted by Gasteiger charge is -2.16. The fourth-order valence-corrected chi connectivity index (χ4v) is 2.05. The molecule has 0 aliphatic rings. The molecular formula is C11H18N2O3S. The summed E-state index contributed by atoms with van der Waals surface area (Å²) in [5.41, 5.74) is 0.606. The van der Waals surface area contributed by atoms with Crippen LogP contribution in [0.25, 0.3) is 0 Å². The monoisotopic (exact) mass is 258 g/mol. The number of aliphatic carboxylic acids is 1. The van der Waals surface area contributed by atoms with Crippen LogP contribution in [0.5, 0.6) is 0 Å². The molecule has 1 rings (SSSR count). The van der Waals surface area contributed by atoms with Crippen molar-refractivity contribution in [3.05, 3.63) is 11.1 Å². The van der Waals surface area contributed by atoms with Crippen molar-refractivity contribution < 1.29 is 14.6 Å². The van der Waals surface area contributed by atoms with Gasteiger partial charge >= 0.3 is 5.97 Å². The number of anilines is 1. The van der Waals surface area contributed by atoms with Crippen LogP contribution in [0.1, 0.15) is 19.5 Å². The summed E-state index contributed by atoms with van der Waals surface area (Å²) in [5, 5.41) is 11.3. The number of thiazole rings is 1. The number of carboxylic acid groups (broad SMARTS) is 1. The van der Waals surface area contributed by atoms with Crippen molar-refractivity contribution >= 4 is 22.4 Å². The normalized spacial score (nSPS) is 10.8. The molecule has 1 aromatic heterocycles. The van der Waals surface area contributed by atoms with E-state index < -0.39 is 5.97 Å². The second-order valence-corrected chi connectivity index (χ2v) is 4.87. The SMILES string of the molecule is CC(C)OCCN(C)c1nc(CC(=O)O)cs1. The average molecular weight is 258 g/mol. The van der Waals surface area contributed by atoms with E-state index in [4.69, 9.17) is 9.84 Å². The molecule has 0 radical (unpaired) electrons. The third kappa shape index (κ3) is 5.14. The van der Waals surface area contributed by atoms with Crippen molar-refractivity contribution in [1.29, 1.82) is 0 Å². The topological polar surface area (TPSA) is 62.7 Å². The first-order valence-corrected chi connectivity index (χ1v) is 6.36. The summed E-state index contributed by atoms with van der Waals surface area (Å²) in [6.45, 7) is 5.38. The molecule has 0 atom stereocenters. The molecule has 0 saturated heterocycles. The maximum absolute atomic E-state index is 10.5. The maximum atomic E-state index is 10.5. The number of ether oxygens (including phenoxy) is 1. The van der Waals surface area contributed by atoms with Gasteiger partial charge in [0, 0.05) is 19.0 Å². The Hall–Kier alpha value is -1.14. The predicted octanol–water partition coefficient (Wildman–Crippen LogP) is 1.63. The van der Waals surface area contributed by atoms with E-state index in [1.54, 1.807) is 5.38 Å². The van der Waals surface area contributed by atoms with E-state index in [0.717, 1.165) is 11.7 Å². The Morgan fingerprint density at radius 1 is 1.65 bits per heavy atom. The van der Waals surface area contributed by atoms with Crippen LogP contribution >= 0.6 is 11.3 Å². The first-order valence-electron chi connectivity index (χ1n) is 5.48. The summed E-state index contributed by atoms with van der Waals surface area (Å²) in [7, 11) is 1.92. The van der Waals surface area contributed by atoms with Gasteiger partial charge in [-0.05, 0) is 13.8 Å². The second kappa shape index (κ2) is 6.56. The number of aromatic nitrogens is 1. The highest BCUT2D eigenvalue weighted by Crippen LogP contribution is 2.19. The Labute approximate surface area is 105 Å². The average Bonchev–Trinajstić information content (AvgIpc) is 2.64. The number of rotatable bonds is 7. The van der Waals surface area contributed by atoms with Gasteiger partial charge in [0.1, 0.15) is 0 Å². The van der Waals surface area contributed by atoms with Gasteiger partial charge in [0.05, 0.1) is 24.8 Å². The summed E-state index contributed by atoms with van der Waals surface area (Å²) >= 11 is 1.45. The highest BCUT2D eigenvalue weighted by molar-refractivity contribution is 7.13. The fourth-order valence-electron chi connectivity index (χ4n) is 1.23. The Morgan fingerprint density at radius 2 is 2.35 bits per heavy atom. The van der Waals surface area contributed by atoms with Gasteiger partial charge in [-0.3, -0.25) is 4.79 Å². The van der Waals surface area contributed by atoms with Gasteiger partial charge in [-0.25, -0.2) is 4.98 Å². The summed E-state index contributed by atoms with van der Waals surface area (Å²) in [4.78, 5) is 16.8. The third-order valence-corrected chi connectivity index (χ3v) is 3.08. The quantitative estimate of drug-likeness (QED) is 0.805. The standard InChI is InChI=1S/C11H18N2O3S/c1-8(2)16-5-4-13(3)11-12-9(7-17-11)6-10(14)15/h7-8H,4-6H2,1-3H3,(H,14,15). The first-order chi connectivity index (χ1) is 7.99. The highest BCUT2D eigenvalue weighted by atomic mass is 32.1. The molecule has 0 bridgehead atoms. The number of hydrogen-bond acceptors (Lipinski definition) is 5. The molecule has 0 fully saturated rings. The second-order valence-electron chi connectivity index (χ2n) is 4.03. The van der Waals surface area contributed by atoms with Gasteiger partial charge in [-0.2, -0.15) is 0 Å². The van der Waals surface area contributed by atoms with Crippen molar-refractivity contribution in [1.82, 2.24) is 4.98 Å². The van der Waals surface area contributed by atoms with Crippen molar-refractivity contribution in [3.8, 4) is 0 Å². The molecule has 0 aliphatic heterocycles. The molecule has 1 heterocycles. The minimum absolute atomic E-state index is 0.0210. The Kier molecular flexibility index (Phi) is 5.37. The van der Waals surface area contributed by atoms with Crippen molar-refractivity contribution in [2.75, 3.05) is 25.1 Å². The highest BCUT2D eigenvalue weighted by Gasteiger charge is 2.09. The molecular weight excluding hydrogens is 240 g/mol. The van der Waals surface area contributed by atoms with E-state index in [-0.39, 0.29) is 12.5 Å². The third-order valence-electron chi connectivity index (χ3n) is 2.08. The van der Waals surface area contributed by atoms with Crippen molar-refractivity contribution in [2.45, 2.75) is 26.4 Å². The molecule has 0 aromatic carbocycles. The van der Waals surface area contributed by atoms with Crippen LogP contribution < -0.4 is 4.90 Å². The minimum Gasteiger partial charge on any atom is -0.481 e. The Balaban J connectivity index is 2.43. The molecule has 1 N–H and O–H groups in total. The van der Waals surface area contributed by atoms with Gasteiger partial charge in [0.15, 0.2) is 5.13 Å². The molecule has 6 heteroatoms. The van der Waals surface area contributed by atoms with E-state index in [1.165, 1.54) is 11.3 Å². The summed E-state index contributed by atoms with van der Waals surface area (Å²) in [5.74, 6) is -0.854. The summed E-state index contributed by atoms with van der Waals surface area (Å²) < 4.78 is 5.45. The van der Waals surface area contributed by atoms with E-state index in [0.29, 0.717) is 12.3 Å². The van der Waals surface area contributed by atoms with E-state index in [1.807, 2.05) is 25.8 Å². The number of nitrogens with zero attached hydrogens (tertiary/aromatic N) is 2. The molecule has 0 aliphatic carbocycles. The summed E-state index contributed by atoms with van der Waals surface area (Å²) in [6.07, 6.45) is 0.203. The molecule has 0 unspecified atom stereocenters. The zero-order valence-electron chi connectivity index (χ0n) is 10.3. The van der Waals surface area contributed by atoms with Crippen LogP contribution in [0.2, 0.25) is 0 Å². The van der Waals surface area contributed by atoms with Crippen LogP contribution in [0.15, 0.2) is 5.38 Å². The molecule has 96 valence electrons. The maximum Gasteiger partial charge on any atom is 0.309 e. The van der Waals surface area contributed by atoms with Crippen molar-refractivity contribution in [3.63, 3.8) is 0 Å². The molecule has 0 amide bonds. The molecule has 0 spiro atoms. The lowest BCUT2D eigenvalue weighted by Crippen LogP contribution is -2.23. The molecule has 17 heavy (non-hydrogen) atoms. The Bertz CT molecular complexity index is 365. The molecule has 1 aromatic rings. The number of hydrogen-bond donors (Lipinski definition) is 1. The zero-order valence-corrected chi connectivity index (χ0v) is 11.2. The molecule has 0 saturated carbocycles. The van der Waals surface area contributed by atoms with Gasteiger partial charge < -0.3 is 14.7 Å². The number of carboxylic acids is 1. The minimum atomic E-state index is -0.854. The van der Waals surface area contributed by atoms with Gasteiger partial charge in [-0.1, -0.05) is 0 Å². The first kappa shape index (κ1) is 13.9. The van der Waals surface area contributed by atoms with E-state index >= 15 is 0 Å². The van der Waals surface area contributed by atoms with Crippen molar-refractivity contribution in [2.24, 2.45) is 0 Å². The van der Waals surface area contributed by atoms with Gasteiger partial charge in [0.2, 0.25) is 0 Å².